The number of anilines is 1. The molecule has 0 saturated heterocycles. The molecular formula is C15H16BrClN2O. The first-order chi connectivity index (χ1) is 9.69. The molecule has 0 spiro atoms. The van der Waals surface area contributed by atoms with Crippen LogP contribution in [0.25, 0.3) is 0 Å². The molecule has 0 radical (unpaired) electrons. The van der Waals surface area contributed by atoms with E-state index >= 15 is 0 Å². The zero-order valence-electron chi connectivity index (χ0n) is 11.2. The van der Waals surface area contributed by atoms with Gasteiger partial charge in [-0.2, -0.15) is 0 Å². The van der Waals surface area contributed by atoms with E-state index in [2.05, 4.69) is 33.2 Å². The van der Waals surface area contributed by atoms with Gasteiger partial charge in [0.2, 0.25) is 0 Å². The van der Waals surface area contributed by atoms with Crippen LogP contribution in [0.15, 0.2) is 41.0 Å². The van der Waals surface area contributed by atoms with E-state index in [-0.39, 0.29) is 0 Å². The van der Waals surface area contributed by atoms with Gasteiger partial charge in [0.05, 0.1) is 24.5 Å². The van der Waals surface area contributed by atoms with Crippen molar-refractivity contribution in [1.82, 2.24) is 4.98 Å². The van der Waals surface area contributed by atoms with E-state index in [9.17, 15) is 0 Å². The Kier molecular flexibility index (Phi) is 5.68. The number of ether oxygens (including phenoxy) is 1. The average Bonchev–Trinajstić information content (AvgIpc) is 2.46. The Morgan fingerprint density at radius 2 is 2.15 bits per heavy atom. The van der Waals surface area contributed by atoms with Gasteiger partial charge in [0.25, 0.3) is 0 Å². The Morgan fingerprint density at radius 1 is 1.30 bits per heavy atom. The largest absolute Gasteiger partial charge is 0.491 e. The number of rotatable bonds is 6. The zero-order valence-corrected chi connectivity index (χ0v) is 13.5. The third-order valence-corrected chi connectivity index (χ3v) is 3.36. The van der Waals surface area contributed by atoms with E-state index in [0.29, 0.717) is 18.2 Å². The summed E-state index contributed by atoms with van der Waals surface area (Å²) in [7, 11) is 0. The van der Waals surface area contributed by atoms with E-state index in [1.165, 1.54) is 0 Å². The SMILES string of the molecule is CCCOc1ccc(Cl)cc1NCc1ccc(Br)cn1. The van der Waals surface area contributed by atoms with Crippen molar-refractivity contribution in [2.24, 2.45) is 0 Å². The Labute approximate surface area is 132 Å². The Bertz CT molecular complexity index is 560. The highest BCUT2D eigenvalue weighted by molar-refractivity contribution is 9.10. The van der Waals surface area contributed by atoms with Crippen LogP contribution in [0.4, 0.5) is 5.69 Å². The second-order valence-corrected chi connectivity index (χ2v) is 5.66. The maximum atomic E-state index is 6.04. The van der Waals surface area contributed by atoms with Crippen molar-refractivity contribution in [2.75, 3.05) is 11.9 Å². The number of pyridine rings is 1. The Balaban J connectivity index is 2.07. The van der Waals surface area contributed by atoms with E-state index in [1.807, 2.05) is 30.3 Å². The molecule has 0 aliphatic heterocycles. The first kappa shape index (κ1) is 15.1. The van der Waals surface area contributed by atoms with Crippen molar-refractivity contribution in [3.63, 3.8) is 0 Å². The molecule has 0 saturated carbocycles. The summed E-state index contributed by atoms with van der Waals surface area (Å²) in [6, 6.07) is 9.51. The van der Waals surface area contributed by atoms with Crippen LogP contribution in [0.3, 0.4) is 0 Å². The van der Waals surface area contributed by atoms with Crippen molar-refractivity contribution >= 4 is 33.2 Å². The molecule has 1 aromatic heterocycles. The number of nitrogens with zero attached hydrogens (tertiary/aromatic N) is 1. The van der Waals surface area contributed by atoms with Crippen LogP contribution in [0.5, 0.6) is 5.75 Å². The van der Waals surface area contributed by atoms with Crippen molar-refractivity contribution in [2.45, 2.75) is 19.9 Å². The van der Waals surface area contributed by atoms with Crippen molar-refractivity contribution in [3.05, 3.63) is 51.7 Å². The fourth-order valence-electron chi connectivity index (χ4n) is 1.68. The van der Waals surface area contributed by atoms with E-state index in [1.54, 1.807) is 6.20 Å². The molecule has 20 heavy (non-hydrogen) atoms. The monoisotopic (exact) mass is 354 g/mol. The summed E-state index contributed by atoms with van der Waals surface area (Å²) in [6.07, 6.45) is 2.75. The lowest BCUT2D eigenvalue weighted by Gasteiger charge is -2.13. The van der Waals surface area contributed by atoms with Crippen molar-refractivity contribution < 1.29 is 4.74 Å². The van der Waals surface area contributed by atoms with Gasteiger partial charge in [-0.1, -0.05) is 18.5 Å². The predicted octanol–water partition coefficient (Wildman–Crippen LogP) is 4.90. The van der Waals surface area contributed by atoms with E-state index in [0.717, 1.165) is 28.0 Å². The molecule has 3 nitrogen and oxygen atoms in total. The topological polar surface area (TPSA) is 34.1 Å². The molecule has 0 aliphatic rings. The molecule has 0 amide bonds. The number of halogens is 2. The number of hydrogen-bond donors (Lipinski definition) is 1. The van der Waals surface area contributed by atoms with E-state index < -0.39 is 0 Å². The molecule has 106 valence electrons. The van der Waals surface area contributed by atoms with Gasteiger partial charge in [0, 0.05) is 15.7 Å². The summed E-state index contributed by atoms with van der Waals surface area (Å²) in [5.74, 6) is 0.813. The standard InChI is InChI=1S/C15H16BrClN2O/c1-2-7-20-15-6-4-12(17)8-14(15)19-10-13-5-3-11(16)9-18-13/h3-6,8-9,19H,2,7,10H2,1H3. The second kappa shape index (κ2) is 7.50. The van der Waals surface area contributed by atoms with Gasteiger partial charge in [-0.3, -0.25) is 4.98 Å². The van der Waals surface area contributed by atoms with Crippen LogP contribution >= 0.6 is 27.5 Å². The Hall–Kier alpha value is -1.26. The van der Waals surface area contributed by atoms with Crippen LogP contribution in [0, 0.1) is 0 Å². The Morgan fingerprint density at radius 3 is 2.85 bits per heavy atom. The van der Waals surface area contributed by atoms with Gasteiger partial charge in [-0.25, -0.2) is 0 Å². The van der Waals surface area contributed by atoms with Crippen LogP contribution in [0.2, 0.25) is 5.02 Å². The third kappa shape index (κ3) is 4.39. The smallest absolute Gasteiger partial charge is 0.142 e. The molecule has 0 aliphatic carbocycles. The molecule has 5 heteroatoms. The highest BCUT2D eigenvalue weighted by atomic mass is 79.9. The van der Waals surface area contributed by atoms with Gasteiger partial charge in [-0.05, 0) is 52.7 Å². The number of nitrogens with one attached hydrogen (secondary N) is 1. The van der Waals surface area contributed by atoms with Crippen LogP contribution in [0.1, 0.15) is 19.0 Å². The first-order valence-electron chi connectivity index (χ1n) is 6.45. The molecule has 0 unspecified atom stereocenters. The summed E-state index contributed by atoms with van der Waals surface area (Å²) in [5.41, 5.74) is 1.84. The minimum atomic E-state index is 0.621. The number of benzene rings is 1. The van der Waals surface area contributed by atoms with Gasteiger partial charge >= 0.3 is 0 Å². The predicted molar refractivity (Wildman–Crippen MR) is 86.5 cm³/mol. The average molecular weight is 356 g/mol. The quantitative estimate of drug-likeness (QED) is 0.800. The maximum absolute atomic E-state index is 6.04. The fourth-order valence-corrected chi connectivity index (χ4v) is 2.08. The molecule has 0 bridgehead atoms. The lowest BCUT2D eigenvalue weighted by Crippen LogP contribution is -2.04. The highest BCUT2D eigenvalue weighted by Crippen LogP contribution is 2.28. The number of hydrogen-bond acceptors (Lipinski definition) is 3. The summed E-state index contributed by atoms with van der Waals surface area (Å²) >= 11 is 9.41. The van der Waals surface area contributed by atoms with Gasteiger partial charge in [0.15, 0.2) is 0 Å². The van der Waals surface area contributed by atoms with Crippen LogP contribution < -0.4 is 10.1 Å². The lowest BCUT2D eigenvalue weighted by atomic mass is 10.2. The zero-order chi connectivity index (χ0) is 14.4. The third-order valence-electron chi connectivity index (χ3n) is 2.65. The van der Waals surface area contributed by atoms with E-state index in [4.69, 9.17) is 16.3 Å². The minimum Gasteiger partial charge on any atom is -0.491 e. The molecule has 2 aromatic rings. The van der Waals surface area contributed by atoms with Crippen molar-refractivity contribution in [3.8, 4) is 5.75 Å². The van der Waals surface area contributed by atoms with Gasteiger partial charge < -0.3 is 10.1 Å². The molecule has 0 atom stereocenters. The summed E-state index contributed by atoms with van der Waals surface area (Å²) in [6.45, 7) is 3.39. The summed E-state index contributed by atoms with van der Waals surface area (Å²) in [4.78, 5) is 4.32. The molecule has 2 rings (SSSR count). The summed E-state index contributed by atoms with van der Waals surface area (Å²) in [5, 5.41) is 3.99. The van der Waals surface area contributed by atoms with Crippen molar-refractivity contribution in [1.29, 1.82) is 0 Å². The highest BCUT2D eigenvalue weighted by Gasteiger charge is 2.05. The number of aromatic nitrogens is 1. The normalized spacial score (nSPS) is 10.3. The lowest BCUT2D eigenvalue weighted by molar-refractivity contribution is 0.319. The molecule has 1 aromatic carbocycles. The summed E-state index contributed by atoms with van der Waals surface area (Å²) < 4.78 is 6.67. The molecular weight excluding hydrogens is 340 g/mol. The minimum absolute atomic E-state index is 0.621. The maximum Gasteiger partial charge on any atom is 0.142 e. The van der Waals surface area contributed by atoms with Gasteiger partial charge in [-0.15, -0.1) is 0 Å². The molecule has 0 fully saturated rings. The molecule has 1 N–H and O–H groups in total. The molecule has 1 heterocycles. The van der Waals surface area contributed by atoms with Gasteiger partial charge in [0.1, 0.15) is 5.75 Å². The van der Waals surface area contributed by atoms with Crippen LogP contribution in [-0.2, 0) is 6.54 Å². The van der Waals surface area contributed by atoms with Crippen LogP contribution in [-0.4, -0.2) is 11.6 Å². The second-order valence-electron chi connectivity index (χ2n) is 4.31. The fraction of sp³-hybridized carbons (Fsp3) is 0.267. The first-order valence-corrected chi connectivity index (χ1v) is 7.63.